The van der Waals surface area contributed by atoms with Crippen molar-refractivity contribution in [2.45, 2.75) is 38.3 Å². The quantitative estimate of drug-likeness (QED) is 0.263. The smallest absolute Gasteiger partial charge is 0.261 e. The number of hydrogen-bond acceptors (Lipinski definition) is 2. The maximum Gasteiger partial charge on any atom is 0.261 e. The van der Waals surface area contributed by atoms with Crippen LogP contribution in [-0.4, -0.2) is 26.1 Å². The Bertz CT molecular complexity index is 1250. The highest BCUT2D eigenvalue weighted by atomic mass is 28.4. The predicted octanol–water partition coefficient (Wildman–Crippen LogP) is 6.69. The maximum absolute atomic E-state index is 11.0. The van der Waals surface area contributed by atoms with E-state index in [1.165, 1.54) is 27.1 Å². The average molecular weight is 519 g/mol. The average Bonchev–Trinajstić information content (AvgIpc) is 2.94. The molecule has 1 saturated carbocycles. The number of aliphatic hydroxyl groups is 1. The van der Waals surface area contributed by atoms with Gasteiger partial charge < -0.3 is 9.53 Å². The number of hydrogen-bond donors (Lipinski definition) is 1. The summed E-state index contributed by atoms with van der Waals surface area (Å²) in [5.74, 6) is 0.303. The lowest BCUT2D eigenvalue weighted by molar-refractivity contribution is -0.0274. The molecular formula is C35H38O2Si. The second-order valence-electron chi connectivity index (χ2n) is 11.4. The molecule has 194 valence electrons. The van der Waals surface area contributed by atoms with Crippen LogP contribution in [0.3, 0.4) is 0 Å². The summed E-state index contributed by atoms with van der Waals surface area (Å²) in [6.45, 7) is 7.57. The van der Waals surface area contributed by atoms with E-state index in [-0.39, 0.29) is 23.0 Å². The highest BCUT2D eigenvalue weighted by Crippen LogP contribution is 2.42. The van der Waals surface area contributed by atoms with Crippen molar-refractivity contribution >= 4 is 24.3 Å². The molecule has 0 bridgehead atoms. The van der Waals surface area contributed by atoms with Gasteiger partial charge in [0.05, 0.1) is 6.10 Å². The van der Waals surface area contributed by atoms with Crippen molar-refractivity contribution in [3.05, 3.63) is 139 Å². The second kappa shape index (κ2) is 11.2. The zero-order chi connectivity index (χ0) is 26.6. The lowest BCUT2D eigenvalue weighted by Crippen LogP contribution is -2.67. The monoisotopic (exact) mass is 518 g/mol. The number of benzene rings is 4. The van der Waals surface area contributed by atoms with Crippen LogP contribution in [0.25, 0.3) is 5.57 Å². The molecule has 1 aliphatic rings. The fourth-order valence-corrected chi connectivity index (χ4v) is 10.6. The van der Waals surface area contributed by atoms with Crippen molar-refractivity contribution in [1.29, 1.82) is 0 Å². The molecule has 0 aliphatic heterocycles. The Hall–Kier alpha value is -3.24. The molecule has 5 rings (SSSR count). The van der Waals surface area contributed by atoms with Crippen molar-refractivity contribution in [1.82, 2.24) is 0 Å². The van der Waals surface area contributed by atoms with Crippen molar-refractivity contribution in [2.24, 2.45) is 11.8 Å². The Kier molecular flexibility index (Phi) is 7.80. The normalized spacial score (nSPS) is 19.4. The van der Waals surface area contributed by atoms with Crippen molar-refractivity contribution in [2.75, 3.05) is 6.61 Å². The van der Waals surface area contributed by atoms with E-state index in [1.54, 1.807) is 0 Å². The van der Waals surface area contributed by atoms with Crippen LogP contribution in [0.1, 0.15) is 38.3 Å². The van der Waals surface area contributed by atoms with Crippen molar-refractivity contribution < 1.29 is 9.53 Å². The molecule has 4 aromatic carbocycles. The van der Waals surface area contributed by atoms with Gasteiger partial charge in [-0.15, -0.1) is 0 Å². The molecule has 0 spiro atoms. The van der Waals surface area contributed by atoms with Gasteiger partial charge in [0, 0.05) is 12.5 Å². The van der Waals surface area contributed by atoms with Gasteiger partial charge in [-0.1, -0.05) is 148 Å². The molecule has 1 N–H and O–H groups in total. The first-order valence-electron chi connectivity index (χ1n) is 13.7. The molecule has 0 saturated heterocycles. The highest BCUT2D eigenvalue weighted by molar-refractivity contribution is 6.99. The van der Waals surface area contributed by atoms with E-state index in [2.05, 4.69) is 136 Å². The van der Waals surface area contributed by atoms with Crippen LogP contribution in [0.2, 0.25) is 5.04 Å². The standard InChI is InChI=1S/C35H38O2Si/c1-35(2,3)38(30-20-12-6-13-21-30,31-22-14-7-15-23-31)37-26-29-24-34(36)33(29)25-32(27-16-8-4-9-17-27)28-18-10-5-11-19-28/h4-23,25,29,33-34,36H,24,26H2,1-3H3/t29-,33-,34+/m1/s1. The molecule has 0 heterocycles. The lowest BCUT2D eigenvalue weighted by Gasteiger charge is -2.47. The van der Waals surface area contributed by atoms with Gasteiger partial charge in [-0.2, -0.15) is 0 Å². The van der Waals surface area contributed by atoms with Gasteiger partial charge in [-0.3, -0.25) is 0 Å². The van der Waals surface area contributed by atoms with E-state index in [1.807, 2.05) is 12.1 Å². The van der Waals surface area contributed by atoms with Crippen LogP contribution in [-0.2, 0) is 4.43 Å². The molecule has 4 aromatic rings. The summed E-state index contributed by atoms with van der Waals surface area (Å²) in [6, 6.07) is 42.6. The van der Waals surface area contributed by atoms with Crippen LogP contribution >= 0.6 is 0 Å². The SMILES string of the molecule is CC(C)(C)[Si](OC[C@H]1C[C@H](O)[C@@H]1C=C(c1ccccc1)c1ccccc1)(c1ccccc1)c1ccccc1. The van der Waals surface area contributed by atoms with Crippen molar-refractivity contribution in [3.63, 3.8) is 0 Å². The Balaban J connectivity index is 1.49. The molecule has 1 fully saturated rings. The highest BCUT2D eigenvalue weighted by Gasteiger charge is 2.51. The Morgan fingerprint density at radius 3 is 1.55 bits per heavy atom. The van der Waals surface area contributed by atoms with E-state index in [9.17, 15) is 5.11 Å². The fraction of sp³-hybridized carbons (Fsp3) is 0.257. The minimum Gasteiger partial charge on any atom is -0.407 e. The first-order valence-corrected chi connectivity index (χ1v) is 15.6. The summed E-state index contributed by atoms with van der Waals surface area (Å²) in [5.41, 5.74) is 3.51. The first kappa shape index (κ1) is 26.4. The minimum atomic E-state index is -2.62. The lowest BCUT2D eigenvalue weighted by atomic mass is 9.70. The van der Waals surface area contributed by atoms with Crippen LogP contribution in [0.15, 0.2) is 127 Å². The summed E-state index contributed by atoms with van der Waals surface area (Å²) in [7, 11) is -2.62. The summed E-state index contributed by atoms with van der Waals surface area (Å²) >= 11 is 0. The largest absolute Gasteiger partial charge is 0.407 e. The summed E-state index contributed by atoms with van der Waals surface area (Å²) in [4.78, 5) is 0. The van der Waals surface area contributed by atoms with Gasteiger partial charge in [0.15, 0.2) is 0 Å². The van der Waals surface area contributed by atoms with E-state index in [0.29, 0.717) is 6.61 Å². The number of aliphatic hydroxyl groups excluding tert-OH is 1. The third-order valence-electron chi connectivity index (χ3n) is 7.99. The predicted molar refractivity (Wildman–Crippen MR) is 161 cm³/mol. The molecule has 0 aromatic heterocycles. The fourth-order valence-electron chi connectivity index (χ4n) is 5.95. The molecule has 3 heteroatoms. The van der Waals surface area contributed by atoms with Crippen LogP contribution in [0.4, 0.5) is 0 Å². The Labute approximate surface area is 228 Å². The maximum atomic E-state index is 11.0. The van der Waals surface area contributed by atoms with Crippen LogP contribution in [0, 0.1) is 11.8 Å². The van der Waals surface area contributed by atoms with E-state index in [4.69, 9.17) is 4.43 Å². The molecule has 0 radical (unpaired) electrons. The summed E-state index contributed by atoms with van der Waals surface area (Å²) in [6.07, 6.45) is 2.69. The van der Waals surface area contributed by atoms with Gasteiger partial charge in [-0.25, -0.2) is 0 Å². The van der Waals surface area contributed by atoms with Gasteiger partial charge in [0.2, 0.25) is 0 Å². The summed E-state index contributed by atoms with van der Waals surface area (Å²) < 4.78 is 7.24. The van der Waals surface area contributed by atoms with E-state index >= 15 is 0 Å². The molecule has 38 heavy (non-hydrogen) atoms. The zero-order valence-electron chi connectivity index (χ0n) is 22.6. The van der Waals surface area contributed by atoms with Gasteiger partial charge in [0.25, 0.3) is 8.32 Å². The van der Waals surface area contributed by atoms with Gasteiger partial charge >= 0.3 is 0 Å². The first-order chi connectivity index (χ1) is 18.4. The molecule has 2 nitrogen and oxygen atoms in total. The third-order valence-corrected chi connectivity index (χ3v) is 13.0. The molecule has 0 unspecified atom stereocenters. The Morgan fingerprint density at radius 2 is 1.16 bits per heavy atom. The number of rotatable bonds is 8. The Morgan fingerprint density at radius 1 is 0.737 bits per heavy atom. The topological polar surface area (TPSA) is 29.5 Å². The van der Waals surface area contributed by atoms with Crippen LogP contribution in [0.5, 0.6) is 0 Å². The van der Waals surface area contributed by atoms with Gasteiger partial charge in [0.1, 0.15) is 0 Å². The van der Waals surface area contributed by atoms with E-state index < -0.39 is 8.32 Å². The second-order valence-corrected chi connectivity index (χ2v) is 15.7. The van der Waals surface area contributed by atoms with E-state index in [0.717, 1.165) is 6.42 Å². The summed E-state index contributed by atoms with van der Waals surface area (Å²) in [5, 5.41) is 13.5. The van der Waals surface area contributed by atoms with Crippen LogP contribution < -0.4 is 10.4 Å². The molecule has 1 aliphatic carbocycles. The van der Waals surface area contributed by atoms with Gasteiger partial charge in [-0.05, 0) is 44.5 Å². The minimum absolute atomic E-state index is 0.0450. The molecule has 0 amide bonds. The molecule has 3 atom stereocenters. The molecular weight excluding hydrogens is 480 g/mol. The third kappa shape index (κ3) is 5.19. The van der Waals surface area contributed by atoms with Crippen molar-refractivity contribution in [3.8, 4) is 0 Å². The zero-order valence-corrected chi connectivity index (χ0v) is 23.6.